The van der Waals surface area contributed by atoms with E-state index in [0.29, 0.717) is 18.1 Å². The molecular weight excluding hydrogens is 294 g/mol. The lowest BCUT2D eigenvalue weighted by Gasteiger charge is -2.21. The van der Waals surface area contributed by atoms with E-state index in [-0.39, 0.29) is 18.2 Å². The van der Waals surface area contributed by atoms with Crippen LogP contribution in [0.15, 0.2) is 28.8 Å². The molecule has 0 aliphatic carbocycles. The fraction of sp³-hybridized carbons (Fsp3) is 0.353. The highest BCUT2D eigenvalue weighted by molar-refractivity contribution is 5.94. The number of rotatable bonds is 5. The molecule has 1 N–H and O–H groups in total. The molecule has 0 bridgehead atoms. The summed E-state index contributed by atoms with van der Waals surface area (Å²) in [5.41, 5.74) is 3.07. The largest absolute Gasteiger partial charge is 0.360 e. The highest BCUT2D eigenvalue weighted by Gasteiger charge is 2.15. The lowest BCUT2D eigenvalue weighted by molar-refractivity contribution is -0.117. The molecule has 0 unspecified atom stereocenters. The second-order valence-corrected chi connectivity index (χ2v) is 5.56. The van der Waals surface area contributed by atoms with Gasteiger partial charge in [-0.3, -0.25) is 9.59 Å². The minimum Gasteiger partial charge on any atom is -0.360 e. The molecule has 0 radical (unpaired) electrons. The van der Waals surface area contributed by atoms with Gasteiger partial charge in [0, 0.05) is 31.6 Å². The number of benzene rings is 1. The summed E-state index contributed by atoms with van der Waals surface area (Å²) in [6.45, 7) is 7.57. The van der Waals surface area contributed by atoms with Crippen LogP contribution in [-0.2, 0) is 9.59 Å². The minimum absolute atomic E-state index is 0.0988. The number of anilines is 2. The van der Waals surface area contributed by atoms with E-state index in [2.05, 4.69) is 10.5 Å². The lowest BCUT2D eigenvalue weighted by Crippen LogP contribution is -2.32. The van der Waals surface area contributed by atoms with Gasteiger partial charge >= 0.3 is 0 Å². The van der Waals surface area contributed by atoms with Gasteiger partial charge in [0.05, 0.1) is 0 Å². The SMILES string of the molecule is CC(=O)N(CCC(=O)Nc1cc(C)on1)c1ccc(C)c(C)c1. The molecular formula is C17H21N3O3. The van der Waals surface area contributed by atoms with E-state index in [9.17, 15) is 9.59 Å². The van der Waals surface area contributed by atoms with Crippen LogP contribution in [0.25, 0.3) is 0 Å². The van der Waals surface area contributed by atoms with Crippen molar-refractivity contribution in [3.63, 3.8) is 0 Å². The van der Waals surface area contributed by atoms with Gasteiger partial charge in [0.2, 0.25) is 11.8 Å². The van der Waals surface area contributed by atoms with Gasteiger partial charge in [0.15, 0.2) is 5.82 Å². The summed E-state index contributed by atoms with van der Waals surface area (Å²) in [6, 6.07) is 7.46. The summed E-state index contributed by atoms with van der Waals surface area (Å²) in [6.07, 6.45) is 0.179. The number of hydrogen-bond donors (Lipinski definition) is 1. The van der Waals surface area contributed by atoms with Crippen molar-refractivity contribution in [2.24, 2.45) is 0 Å². The minimum atomic E-state index is -0.214. The Kier molecular flexibility index (Phi) is 5.16. The van der Waals surface area contributed by atoms with Crippen molar-refractivity contribution in [1.29, 1.82) is 0 Å². The first-order chi connectivity index (χ1) is 10.9. The first kappa shape index (κ1) is 16.7. The Labute approximate surface area is 135 Å². The van der Waals surface area contributed by atoms with E-state index in [1.54, 1.807) is 17.9 Å². The van der Waals surface area contributed by atoms with E-state index in [4.69, 9.17) is 4.52 Å². The maximum atomic E-state index is 12.0. The Balaban J connectivity index is 2.00. The van der Waals surface area contributed by atoms with Crippen molar-refractivity contribution in [3.8, 4) is 0 Å². The van der Waals surface area contributed by atoms with Crippen LogP contribution in [0.1, 0.15) is 30.2 Å². The average Bonchev–Trinajstić information content (AvgIpc) is 2.87. The summed E-state index contributed by atoms with van der Waals surface area (Å²) in [4.78, 5) is 25.4. The quantitative estimate of drug-likeness (QED) is 0.920. The average molecular weight is 315 g/mol. The van der Waals surface area contributed by atoms with Crippen LogP contribution in [0.3, 0.4) is 0 Å². The van der Waals surface area contributed by atoms with Gasteiger partial charge in [-0.25, -0.2) is 0 Å². The summed E-state index contributed by atoms with van der Waals surface area (Å²) >= 11 is 0. The van der Waals surface area contributed by atoms with Crippen molar-refractivity contribution < 1.29 is 14.1 Å². The fourth-order valence-corrected chi connectivity index (χ4v) is 2.21. The number of nitrogens with zero attached hydrogens (tertiary/aromatic N) is 2. The Morgan fingerprint density at radius 3 is 2.48 bits per heavy atom. The lowest BCUT2D eigenvalue weighted by atomic mass is 10.1. The number of amides is 2. The van der Waals surface area contributed by atoms with Gasteiger partial charge < -0.3 is 14.7 Å². The van der Waals surface area contributed by atoms with Crippen LogP contribution in [0.4, 0.5) is 11.5 Å². The molecule has 0 aliphatic rings. The van der Waals surface area contributed by atoms with Crippen LogP contribution in [0.2, 0.25) is 0 Å². The normalized spacial score (nSPS) is 10.4. The molecule has 122 valence electrons. The molecule has 1 heterocycles. The van der Waals surface area contributed by atoms with E-state index in [1.807, 2.05) is 32.0 Å². The van der Waals surface area contributed by atoms with Crippen LogP contribution in [0, 0.1) is 20.8 Å². The topological polar surface area (TPSA) is 75.4 Å². The van der Waals surface area contributed by atoms with Gasteiger partial charge in [-0.1, -0.05) is 11.2 Å². The molecule has 0 saturated carbocycles. The maximum absolute atomic E-state index is 12.0. The van der Waals surface area contributed by atoms with Crippen molar-refractivity contribution in [2.75, 3.05) is 16.8 Å². The van der Waals surface area contributed by atoms with Gasteiger partial charge in [0.1, 0.15) is 5.76 Å². The molecule has 2 rings (SSSR count). The van der Waals surface area contributed by atoms with E-state index < -0.39 is 0 Å². The Morgan fingerprint density at radius 2 is 1.91 bits per heavy atom. The molecule has 1 aromatic heterocycles. The summed E-state index contributed by atoms with van der Waals surface area (Å²) in [5.74, 6) is 0.695. The Hall–Kier alpha value is -2.63. The van der Waals surface area contributed by atoms with Crippen LogP contribution >= 0.6 is 0 Å². The number of aryl methyl sites for hydroxylation is 3. The Morgan fingerprint density at radius 1 is 1.17 bits per heavy atom. The molecule has 6 nitrogen and oxygen atoms in total. The third kappa shape index (κ3) is 4.42. The Bertz CT molecular complexity index is 722. The number of carbonyl (C=O) groups excluding carboxylic acids is 2. The first-order valence-corrected chi connectivity index (χ1v) is 7.45. The molecule has 2 amide bonds. The fourth-order valence-electron chi connectivity index (χ4n) is 2.21. The van der Waals surface area contributed by atoms with Gasteiger partial charge in [-0.15, -0.1) is 0 Å². The van der Waals surface area contributed by atoms with Crippen LogP contribution in [-0.4, -0.2) is 23.5 Å². The number of nitrogens with one attached hydrogen (secondary N) is 1. The predicted octanol–water partition coefficient (Wildman–Crippen LogP) is 2.98. The molecule has 0 spiro atoms. The molecule has 0 aliphatic heterocycles. The van der Waals surface area contributed by atoms with Gasteiger partial charge in [-0.05, 0) is 44.0 Å². The monoisotopic (exact) mass is 315 g/mol. The number of aromatic nitrogens is 1. The second kappa shape index (κ2) is 7.09. The molecule has 0 fully saturated rings. The third-order valence-corrected chi connectivity index (χ3v) is 3.64. The molecule has 23 heavy (non-hydrogen) atoms. The van der Waals surface area contributed by atoms with Crippen LogP contribution in [0.5, 0.6) is 0 Å². The van der Waals surface area contributed by atoms with E-state index >= 15 is 0 Å². The zero-order valence-corrected chi connectivity index (χ0v) is 13.8. The number of carbonyl (C=O) groups is 2. The van der Waals surface area contributed by atoms with E-state index in [0.717, 1.165) is 16.8 Å². The van der Waals surface area contributed by atoms with Gasteiger partial charge in [-0.2, -0.15) is 0 Å². The number of hydrogen-bond acceptors (Lipinski definition) is 4. The second-order valence-electron chi connectivity index (χ2n) is 5.56. The smallest absolute Gasteiger partial charge is 0.227 e. The predicted molar refractivity (Wildman–Crippen MR) is 88.4 cm³/mol. The zero-order chi connectivity index (χ0) is 17.0. The molecule has 0 saturated heterocycles. The summed E-state index contributed by atoms with van der Waals surface area (Å²) < 4.78 is 4.89. The molecule has 6 heteroatoms. The summed E-state index contributed by atoms with van der Waals surface area (Å²) in [7, 11) is 0. The zero-order valence-electron chi connectivity index (χ0n) is 13.8. The van der Waals surface area contributed by atoms with Gasteiger partial charge in [0.25, 0.3) is 0 Å². The van der Waals surface area contributed by atoms with Crippen LogP contribution < -0.4 is 10.2 Å². The van der Waals surface area contributed by atoms with E-state index in [1.165, 1.54) is 6.92 Å². The summed E-state index contributed by atoms with van der Waals surface area (Å²) in [5, 5.41) is 6.36. The first-order valence-electron chi connectivity index (χ1n) is 7.45. The highest BCUT2D eigenvalue weighted by Crippen LogP contribution is 2.19. The van der Waals surface area contributed by atoms with Crippen molar-refractivity contribution >= 4 is 23.3 Å². The van der Waals surface area contributed by atoms with Crippen molar-refractivity contribution in [2.45, 2.75) is 34.1 Å². The molecule has 2 aromatic rings. The third-order valence-electron chi connectivity index (χ3n) is 3.64. The molecule has 0 atom stereocenters. The highest BCUT2D eigenvalue weighted by atomic mass is 16.5. The standard InChI is InChI=1S/C17H21N3O3/c1-11-5-6-15(9-12(11)2)20(14(4)21)8-7-17(22)18-16-10-13(3)23-19-16/h5-6,9-10H,7-8H2,1-4H3,(H,18,19,22). The van der Waals surface area contributed by atoms with Crippen molar-refractivity contribution in [1.82, 2.24) is 5.16 Å². The maximum Gasteiger partial charge on any atom is 0.227 e. The molecule has 1 aromatic carbocycles. The van der Waals surface area contributed by atoms with Crippen molar-refractivity contribution in [3.05, 3.63) is 41.2 Å².